The van der Waals surface area contributed by atoms with Gasteiger partial charge in [-0.1, -0.05) is 17.4 Å². The molecule has 9 nitrogen and oxygen atoms in total. The summed E-state index contributed by atoms with van der Waals surface area (Å²) in [4.78, 5) is 38.6. The highest BCUT2D eigenvalue weighted by Gasteiger charge is 2.29. The molecule has 1 saturated carbocycles. The fourth-order valence-electron chi connectivity index (χ4n) is 3.86. The number of carbonyl (C=O) groups excluding carboxylic acids is 1. The molecular formula is C25H26N8OS3. The zero-order valence-electron chi connectivity index (χ0n) is 20.3. The number of nitrogens with zero attached hydrogens (tertiary/aromatic N) is 6. The van der Waals surface area contributed by atoms with Crippen molar-refractivity contribution in [3.63, 3.8) is 0 Å². The van der Waals surface area contributed by atoms with E-state index in [9.17, 15) is 4.79 Å². The van der Waals surface area contributed by atoms with Gasteiger partial charge >= 0.3 is 0 Å². The number of hydrogen-bond donors (Lipinski definition) is 2. The van der Waals surface area contributed by atoms with Gasteiger partial charge in [0.05, 0.1) is 4.88 Å². The summed E-state index contributed by atoms with van der Waals surface area (Å²) >= 11 is 4.74. The minimum absolute atomic E-state index is 0.106. The van der Waals surface area contributed by atoms with Crippen LogP contribution in [0.2, 0.25) is 0 Å². The quantitative estimate of drug-likeness (QED) is 0.312. The Hall–Kier alpha value is -3.06. The van der Waals surface area contributed by atoms with E-state index in [1.807, 2.05) is 36.5 Å². The van der Waals surface area contributed by atoms with Crippen molar-refractivity contribution in [3.05, 3.63) is 48.0 Å². The number of likely N-dealkylation sites (N-methyl/N-ethyl adjacent to an activating group) is 1. The lowest BCUT2D eigenvalue weighted by molar-refractivity contribution is -0.117. The maximum absolute atomic E-state index is 12.1. The molecule has 4 aromatic rings. The Morgan fingerprint density at radius 2 is 1.84 bits per heavy atom. The predicted octanol–water partition coefficient (Wildman–Crippen LogP) is 5.05. The van der Waals surface area contributed by atoms with Crippen LogP contribution in [0.5, 0.6) is 0 Å². The first-order chi connectivity index (χ1) is 18.1. The van der Waals surface area contributed by atoms with E-state index >= 15 is 0 Å². The van der Waals surface area contributed by atoms with Crippen LogP contribution in [0.3, 0.4) is 0 Å². The number of aromatic nitrogens is 4. The number of benzene rings is 1. The summed E-state index contributed by atoms with van der Waals surface area (Å²) in [6.45, 7) is 3.64. The number of thiophene rings is 1. The van der Waals surface area contributed by atoms with Crippen LogP contribution in [0.4, 0.5) is 22.7 Å². The molecule has 1 aliphatic carbocycles. The Labute approximate surface area is 227 Å². The second-order valence-electron chi connectivity index (χ2n) is 9.05. The summed E-state index contributed by atoms with van der Waals surface area (Å²) in [5, 5.41) is 9.70. The van der Waals surface area contributed by atoms with Crippen molar-refractivity contribution >= 4 is 63.1 Å². The number of nitrogens with one attached hydrogen (secondary N) is 2. The molecule has 1 saturated heterocycles. The molecule has 0 radical (unpaired) electrons. The van der Waals surface area contributed by atoms with Crippen molar-refractivity contribution in [3.8, 4) is 9.75 Å². The van der Waals surface area contributed by atoms with Gasteiger partial charge in [0, 0.05) is 53.8 Å². The number of hydrogen-bond acceptors (Lipinski definition) is 11. The monoisotopic (exact) mass is 550 g/mol. The fraction of sp³-hybridized carbons (Fsp3) is 0.320. The van der Waals surface area contributed by atoms with Gasteiger partial charge in [0.2, 0.25) is 17.8 Å². The van der Waals surface area contributed by atoms with Crippen LogP contribution in [0.25, 0.3) is 9.75 Å². The molecule has 1 aliphatic heterocycles. The van der Waals surface area contributed by atoms with Crippen molar-refractivity contribution in [2.75, 3.05) is 48.8 Å². The summed E-state index contributed by atoms with van der Waals surface area (Å²) in [5.41, 5.74) is 0.808. The maximum atomic E-state index is 12.1. The smallest absolute Gasteiger partial charge is 0.234 e. The van der Waals surface area contributed by atoms with E-state index in [1.165, 1.54) is 16.6 Å². The Bertz CT molecular complexity index is 1360. The molecule has 1 aromatic carbocycles. The highest BCUT2D eigenvalue weighted by molar-refractivity contribution is 7.99. The lowest BCUT2D eigenvalue weighted by Crippen LogP contribution is -2.45. The van der Waals surface area contributed by atoms with Crippen LogP contribution >= 0.6 is 34.4 Å². The third-order valence-electron chi connectivity index (χ3n) is 6.16. The Kier molecular flexibility index (Phi) is 7.05. The Morgan fingerprint density at radius 1 is 1.03 bits per heavy atom. The van der Waals surface area contributed by atoms with Gasteiger partial charge in [-0.3, -0.25) is 10.1 Å². The molecule has 4 heterocycles. The predicted molar refractivity (Wildman–Crippen MR) is 150 cm³/mol. The topological polar surface area (TPSA) is 99.2 Å². The molecule has 3 aromatic heterocycles. The van der Waals surface area contributed by atoms with Crippen molar-refractivity contribution in [1.29, 1.82) is 0 Å². The zero-order valence-corrected chi connectivity index (χ0v) is 22.7. The van der Waals surface area contributed by atoms with E-state index in [4.69, 9.17) is 15.0 Å². The standard InChI is InChI=1S/C25H26N8OS3/c1-32-10-12-33(13-11-32)23-28-22(29-24-26-15-20(37-24)19-3-2-14-35-19)30-25(31-23)36-18-8-6-17(7-9-18)27-21(34)16-4-5-16/h2-3,6-9,14-16H,4-5,10-13H2,1H3,(H,27,34)(H,26,28,29,30,31). The van der Waals surface area contributed by atoms with Gasteiger partial charge in [-0.15, -0.1) is 11.3 Å². The third-order valence-corrected chi connectivity index (χ3v) is 9.01. The lowest BCUT2D eigenvalue weighted by atomic mass is 10.3. The van der Waals surface area contributed by atoms with E-state index < -0.39 is 0 Å². The minimum atomic E-state index is 0.106. The van der Waals surface area contributed by atoms with Crippen LogP contribution in [0, 0.1) is 5.92 Å². The summed E-state index contributed by atoms with van der Waals surface area (Å²) in [6, 6.07) is 11.9. The molecular weight excluding hydrogens is 525 g/mol. The maximum Gasteiger partial charge on any atom is 0.234 e. The van der Waals surface area contributed by atoms with Crippen LogP contribution in [0.1, 0.15) is 12.8 Å². The SMILES string of the molecule is CN1CCN(c2nc(Nc3ncc(-c4cccs4)s3)nc(Sc3ccc(NC(=O)C4CC4)cc3)n2)CC1. The first kappa shape index (κ1) is 24.3. The van der Waals surface area contributed by atoms with Crippen molar-refractivity contribution in [2.45, 2.75) is 22.9 Å². The molecule has 2 N–H and O–H groups in total. The van der Waals surface area contributed by atoms with E-state index in [0.29, 0.717) is 17.1 Å². The second-order valence-corrected chi connectivity index (χ2v) is 12.1. The summed E-state index contributed by atoms with van der Waals surface area (Å²) in [5.74, 6) is 1.43. The first-order valence-corrected chi connectivity index (χ1v) is 14.7. The number of carbonyl (C=O) groups is 1. The van der Waals surface area contributed by atoms with Crippen molar-refractivity contribution < 1.29 is 4.79 Å². The number of piperazine rings is 1. The fourth-order valence-corrected chi connectivity index (χ4v) is 6.23. The van der Waals surface area contributed by atoms with E-state index in [-0.39, 0.29) is 11.8 Å². The largest absolute Gasteiger partial charge is 0.338 e. The Balaban J connectivity index is 1.22. The van der Waals surface area contributed by atoms with Gasteiger partial charge in [0.25, 0.3) is 0 Å². The molecule has 190 valence electrons. The molecule has 0 unspecified atom stereocenters. The lowest BCUT2D eigenvalue weighted by Gasteiger charge is -2.32. The molecule has 0 atom stereocenters. The van der Waals surface area contributed by atoms with Gasteiger partial charge in [-0.2, -0.15) is 15.0 Å². The van der Waals surface area contributed by atoms with Gasteiger partial charge < -0.3 is 15.1 Å². The number of thiazole rings is 1. The average molecular weight is 551 g/mol. The minimum Gasteiger partial charge on any atom is -0.338 e. The first-order valence-electron chi connectivity index (χ1n) is 12.1. The summed E-state index contributed by atoms with van der Waals surface area (Å²) in [6.07, 6.45) is 3.85. The van der Waals surface area contributed by atoms with Gasteiger partial charge in [0.1, 0.15) is 0 Å². The van der Waals surface area contributed by atoms with Gasteiger partial charge in [0.15, 0.2) is 10.3 Å². The van der Waals surface area contributed by atoms with Crippen LogP contribution in [-0.4, -0.2) is 64.0 Å². The number of rotatable bonds is 8. The second kappa shape index (κ2) is 10.7. The van der Waals surface area contributed by atoms with Gasteiger partial charge in [-0.25, -0.2) is 4.98 Å². The Morgan fingerprint density at radius 3 is 2.57 bits per heavy atom. The highest BCUT2D eigenvalue weighted by Crippen LogP contribution is 2.34. The molecule has 12 heteroatoms. The summed E-state index contributed by atoms with van der Waals surface area (Å²) in [7, 11) is 2.13. The highest BCUT2D eigenvalue weighted by atomic mass is 32.2. The molecule has 0 spiro atoms. The molecule has 0 bridgehead atoms. The molecule has 2 aliphatic rings. The molecule has 6 rings (SSSR count). The average Bonchev–Trinajstić information content (AvgIpc) is 3.41. The van der Waals surface area contributed by atoms with Crippen molar-refractivity contribution in [2.24, 2.45) is 5.92 Å². The molecule has 37 heavy (non-hydrogen) atoms. The molecule has 1 amide bonds. The zero-order chi connectivity index (χ0) is 25.2. The third kappa shape index (κ3) is 6.09. The normalized spacial score (nSPS) is 16.1. The van der Waals surface area contributed by atoms with Crippen LogP contribution < -0.4 is 15.5 Å². The van der Waals surface area contributed by atoms with Gasteiger partial charge in [-0.05, 0) is 67.4 Å². The van der Waals surface area contributed by atoms with E-state index in [1.54, 1.807) is 22.7 Å². The summed E-state index contributed by atoms with van der Waals surface area (Å²) < 4.78 is 0. The number of anilines is 4. The van der Waals surface area contributed by atoms with Crippen LogP contribution in [-0.2, 0) is 4.79 Å². The number of amides is 1. The van der Waals surface area contributed by atoms with E-state index in [2.05, 4.69) is 43.9 Å². The van der Waals surface area contributed by atoms with Crippen LogP contribution in [0.15, 0.2) is 58.0 Å². The molecule has 2 fully saturated rings. The van der Waals surface area contributed by atoms with E-state index in [0.717, 1.165) is 59.6 Å². The van der Waals surface area contributed by atoms with Crippen molar-refractivity contribution in [1.82, 2.24) is 24.8 Å².